The highest BCUT2D eigenvalue weighted by Gasteiger charge is 2.23. The standard InChI is InChI=1S/C10H19O2/c1-8(2)9(3)6-10(4,5)12-7-11/h8-9H,6H2,1-5H3. The van der Waals surface area contributed by atoms with Crippen LogP contribution in [-0.2, 0) is 9.53 Å². The lowest BCUT2D eigenvalue weighted by molar-refractivity contribution is 0.0572. The first-order chi connectivity index (χ1) is 5.39. The van der Waals surface area contributed by atoms with E-state index in [9.17, 15) is 4.79 Å². The first-order valence-electron chi connectivity index (χ1n) is 4.44. The van der Waals surface area contributed by atoms with Crippen LogP contribution in [0.4, 0.5) is 0 Å². The molecule has 0 N–H and O–H groups in total. The van der Waals surface area contributed by atoms with E-state index in [1.54, 1.807) is 0 Å². The maximum Gasteiger partial charge on any atom is 0.418 e. The summed E-state index contributed by atoms with van der Waals surface area (Å²) < 4.78 is 4.84. The van der Waals surface area contributed by atoms with E-state index < -0.39 is 0 Å². The summed E-state index contributed by atoms with van der Waals surface area (Å²) >= 11 is 0. The number of carbonyl (C=O) groups excluding carboxylic acids is 1. The van der Waals surface area contributed by atoms with Gasteiger partial charge in [0, 0.05) is 0 Å². The van der Waals surface area contributed by atoms with Crippen LogP contribution in [0.2, 0.25) is 0 Å². The van der Waals surface area contributed by atoms with Gasteiger partial charge in [-0.05, 0) is 32.1 Å². The Balaban J connectivity index is 3.95. The third-order valence-electron chi connectivity index (χ3n) is 2.27. The lowest BCUT2D eigenvalue weighted by Gasteiger charge is -2.27. The zero-order valence-corrected chi connectivity index (χ0v) is 8.68. The molecular weight excluding hydrogens is 152 g/mol. The van der Waals surface area contributed by atoms with Crippen molar-refractivity contribution in [3.8, 4) is 0 Å². The minimum atomic E-state index is -0.370. The highest BCUT2D eigenvalue weighted by Crippen LogP contribution is 2.24. The molecule has 71 valence electrons. The maximum atomic E-state index is 10.0. The first kappa shape index (κ1) is 11.5. The van der Waals surface area contributed by atoms with Gasteiger partial charge in [-0.2, -0.15) is 0 Å². The van der Waals surface area contributed by atoms with Crippen LogP contribution in [-0.4, -0.2) is 12.1 Å². The molecule has 2 heteroatoms. The molecule has 0 bridgehead atoms. The molecule has 0 aromatic rings. The Morgan fingerprint density at radius 1 is 1.33 bits per heavy atom. The van der Waals surface area contributed by atoms with Gasteiger partial charge in [-0.1, -0.05) is 20.8 Å². The number of rotatable bonds is 5. The maximum absolute atomic E-state index is 10.0. The van der Waals surface area contributed by atoms with E-state index in [0.29, 0.717) is 11.8 Å². The van der Waals surface area contributed by atoms with E-state index >= 15 is 0 Å². The van der Waals surface area contributed by atoms with Crippen LogP contribution in [0.1, 0.15) is 41.0 Å². The monoisotopic (exact) mass is 171 g/mol. The summed E-state index contributed by atoms with van der Waals surface area (Å²) in [7, 11) is 0. The van der Waals surface area contributed by atoms with Crippen molar-refractivity contribution in [2.45, 2.75) is 46.6 Å². The average molecular weight is 171 g/mol. The summed E-state index contributed by atoms with van der Waals surface area (Å²) in [6, 6.07) is 0. The molecule has 0 aliphatic rings. The lowest BCUT2D eigenvalue weighted by Crippen LogP contribution is -2.28. The summed E-state index contributed by atoms with van der Waals surface area (Å²) in [5.41, 5.74) is -0.370. The van der Waals surface area contributed by atoms with Gasteiger partial charge in [-0.3, -0.25) is 0 Å². The van der Waals surface area contributed by atoms with Gasteiger partial charge in [0.25, 0.3) is 0 Å². The van der Waals surface area contributed by atoms with Crippen molar-refractivity contribution in [3.05, 3.63) is 0 Å². The topological polar surface area (TPSA) is 26.3 Å². The van der Waals surface area contributed by atoms with Crippen LogP contribution in [0, 0.1) is 11.8 Å². The highest BCUT2D eigenvalue weighted by molar-refractivity contribution is 5.39. The van der Waals surface area contributed by atoms with Gasteiger partial charge < -0.3 is 4.74 Å². The molecule has 0 amide bonds. The minimum Gasteiger partial charge on any atom is -0.451 e. The smallest absolute Gasteiger partial charge is 0.418 e. The first-order valence-corrected chi connectivity index (χ1v) is 4.44. The SMILES string of the molecule is CC(C)C(C)CC(C)(C)O[C]=O. The van der Waals surface area contributed by atoms with E-state index in [1.165, 1.54) is 6.47 Å². The summed E-state index contributed by atoms with van der Waals surface area (Å²) in [5.74, 6) is 1.19. The molecule has 0 aliphatic heterocycles. The van der Waals surface area contributed by atoms with Gasteiger partial charge in [-0.25, -0.2) is 4.79 Å². The molecule has 1 unspecified atom stereocenters. The quantitative estimate of drug-likeness (QED) is 0.635. The Labute approximate surface area is 75.3 Å². The van der Waals surface area contributed by atoms with Gasteiger partial charge >= 0.3 is 6.47 Å². The van der Waals surface area contributed by atoms with Crippen molar-refractivity contribution < 1.29 is 9.53 Å². The highest BCUT2D eigenvalue weighted by atomic mass is 16.5. The van der Waals surface area contributed by atoms with E-state index in [4.69, 9.17) is 4.74 Å². The van der Waals surface area contributed by atoms with E-state index in [-0.39, 0.29) is 5.60 Å². The summed E-state index contributed by atoms with van der Waals surface area (Å²) in [5, 5.41) is 0. The van der Waals surface area contributed by atoms with Crippen LogP contribution in [0.15, 0.2) is 0 Å². The molecule has 0 saturated carbocycles. The zero-order chi connectivity index (χ0) is 9.78. The van der Waals surface area contributed by atoms with Gasteiger partial charge in [0.1, 0.15) is 5.60 Å². The van der Waals surface area contributed by atoms with E-state index in [0.717, 1.165) is 6.42 Å². The summed E-state index contributed by atoms with van der Waals surface area (Å²) in [6.45, 7) is 11.8. The Hall–Kier alpha value is -0.530. The van der Waals surface area contributed by atoms with Crippen LogP contribution in [0.3, 0.4) is 0 Å². The number of hydrogen-bond donors (Lipinski definition) is 0. The number of ether oxygens (including phenoxy) is 1. The molecule has 2 nitrogen and oxygen atoms in total. The Morgan fingerprint density at radius 2 is 1.83 bits per heavy atom. The predicted octanol–water partition coefficient (Wildman–Crippen LogP) is 2.53. The van der Waals surface area contributed by atoms with Crippen LogP contribution >= 0.6 is 0 Å². The molecule has 0 saturated heterocycles. The largest absolute Gasteiger partial charge is 0.451 e. The lowest BCUT2D eigenvalue weighted by atomic mass is 9.87. The third kappa shape index (κ3) is 4.37. The second-order valence-corrected chi connectivity index (χ2v) is 4.37. The second-order valence-electron chi connectivity index (χ2n) is 4.37. The fraction of sp³-hybridized carbons (Fsp3) is 0.900. The summed E-state index contributed by atoms with van der Waals surface area (Å²) in [4.78, 5) is 10.0. The normalized spacial score (nSPS) is 14.5. The molecular formula is C10H19O2. The van der Waals surface area contributed by atoms with E-state index in [2.05, 4.69) is 20.8 Å². The molecule has 0 spiro atoms. The Kier molecular flexibility index (Phi) is 4.29. The molecule has 0 aliphatic carbocycles. The fourth-order valence-electron chi connectivity index (χ4n) is 1.17. The third-order valence-corrected chi connectivity index (χ3v) is 2.27. The Morgan fingerprint density at radius 3 is 2.17 bits per heavy atom. The van der Waals surface area contributed by atoms with Crippen molar-refractivity contribution in [2.24, 2.45) is 11.8 Å². The van der Waals surface area contributed by atoms with Gasteiger partial charge in [0.05, 0.1) is 0 Å². The van der Waals surface area contributed by atoms with Gasteiger partial charge in [0.2, 0.25) is 0 Å². The van der Waals surface area contributed by atoms with Crippen LogP contribution < -0.4 is 0 Å². The molecule has 1 atom stereocenters. The molecule has 0 aromatic heterocycles. The molecule has 0 heterocycles. The van der Waals surface area contributed by atoms with Crippen molar-refractivity contribution in [3.63, 3.8) is 0 Å². The molecule has 0 rings (SSSR count). The second kappa shape index (κ2) is 4.48. The molecule has 12 heavy (non-hydrogen) atoms. The van der Waals surface area contributed by atoms with Gasteiger partial charge in [-0.15, -0.1) is 0 Å². The fourth-order valence-corrected chi connectivity index (χ4v) is 1.17. The summed E-state index contributed by atoms with van der Waals surface area (Å²) in [6.07, 6.45) is 0.889. The van der Waals surface area contributed by atoms with Crippen molar-refractivity contribution >= 4 is 6.47 Å². The van der Waals surface area contributed by atoms with Crippen molar-refractivity contribution in [2.75, 3.05) is 0 Å². The van der Waals surface area contributed by atoms with Crippen LogP contribution in [0.5, 0.6) is 0 Å². The van der Waals surface area contributed by atoms with Crippen molar-refractivity contribution in [1.29, 1.82) is 0 Å². The predicted molar refractivity (Wildman–Crippen MR) is 49.5 cm³/mol. The van der Waals surface area contributed by atoms with Gasteiger partial charge in [0.15, 0.2) is 0 Å². The molecule has 1 radical (unpaired) electrons. The van der Waals surface area contributed by atoms with Crippen LogP contribution in [0.25, 0.3) is 0 Å². The molecule has 0 fully saturated rings. The van der Waals surface area contributed by atoms with Crippen molar-refractivity contribution in [1.82, 2.24) is 0 Å². The average Bonchev–Trinajstić information content (AvgIpc) is 1.85. The Bertz CT molecular complexity index is 139. The zero-order valence-electron chi connectivity index (χ0n) is 8.68. The number of hydrogen-bond acceptors (Lipinski definition) is 2. The van der Waals surface area contributed by atoms with E-state index in [1.807, 2.05) is 13.8 Å². The minimum absolute atomic E-state index is 0.370. The molecule has 0 aromatic carbocycles.